The van der Waals surface area contributed by atoms with Crippen LogP contribution in [0.25, 0.3) is 22.0 Å². The van der Waals surface area contributed by atoms with Gasteiger partial charge in [0.2, 0.25) is 0 Å². The molecule has 0 saturated carbocycles. The third kappa shape index (κ3) is 3.51. The Morgan fingerprint density at radius 3 is 2.55 bits per heavy atom. The molecular weight excluding hydrogens is 421 g/mol. The van der Waals surface area contributed by atoms with Gasteiger partial charge in [0.1, 0.15) is 17.3 Å². The Labute approximate surface area is 190 Å². The van der Waals surface area contributed by atoms with Gasteiger partial charge in [-0.3, -0.25) is 4.79 Å². The van der Waals surface area contributed by atoms with E-state index in [1.54, 1.807) is 18.1 Å². The van der Waals surface area contributed by atoms with E-state index >= 15 is 0 Å². The van der Waals surface area contributed by atoms with Gasteiger partial charge in [-0.1, -0.05) is 30.3 Å². The van der Waals surface area contributed by atoms with Crippen LogP contribution in [-0.2, 0) is 13.1 Å². The lowest BCUT2D eigenvalue weighted by molar-refractivity contribution is 0.0767. The standard InChI is InChI=1S/C26H22FN3O3/c1-32-17-9-6-15(7-10-17)13-30-14-21-23(26(30)31)24(28)20-5-3-4-19(25(20)29-21)18-11-8-16(27)12-22(18)33-2/h3-12H,13-14H2,1-2H3,(H2,28,29). The molecule has 0 saturated heterocycles. The van der Waals surface area contributed by atoms with Crippen molar-refractivity contribution in [3.63, 3.8) is 0 Å². The highest BCUT2D eigenvalue weighted by molar-refractivity contribution is 6.11. The molecule has 1 aliphatic heterocycles. The van der Waals surface area contributed by atoms with Gasteiger partial charge in [0.05, 0.1) is 43.2 Å². The van der Waals surface area contributed by atoms with Crippen molar-refractivity contribution in [1.82, 2.24) is 9.88 Å². The quantitative estimate of drug-likeness (QED) is 0.480. The minimum Gasteiger partial charge on any atom is -0.497 e. The number of hydrogen-bond donors (Lipinski definition) is 1. The third-order valence-corrected chi connectivity index (χ3v) is 5.96. The highest BCUT2D eigenvalue weighted by Crippen LogP contribution is 2.39. The molecule has 1 amide bonds. The summed E-state index contributed by atoms with van der Waals surface area (Å²) >= 11 is 0. The largest absolute Gasteiger partial charge is 0.497 e. The zero-order chi connectivity index (χ0) is 23.1. The number of halogens is 1. The van der Waals surface area contributed by atoms with Crippen LogP contribution in [0.15, 0.2) is 60.7 Å². The molecule has 6 nitrogen and oxygen atoms in total. The number of methoxy groups -OCH3 is 2. The maximum atomic E-state index is 13.7. The molecule has 7 heteroatoms. The van der Waals surface area contributed by atoms with E-state index in [1.165, 1.54) is 19.2 Å². The number of hydrogen-bond acceptors (Lipinski definition) is 5. The van der Waals surface area contributed by atoms with E-state index < -0.39 is 0 Å². The van der Waals surface area contributed by atoms with Crippen molar-refractivity contribution < 1.29 is 18.7 Å². The number of nitrogen functional groups attached to an aromatic ring is 1. The van der Waals surface area contributed by atoms with E-state index in [2.05, 4.69) is 0 Å². The number of aromatic nitrogens is 1. The number of rotatable bonds is 5. The number of nitrogens with two attached hydrogens (primary N) is 1. The van der Waals surface area contributed by atoms with E-state index in [1.807, 2.05) is 42.5 Å². The Kier molecular flexibility index (Phi) is 5.09. The molecule has 0 fully saturated rings. The van der Waals surface area contributed by atoms with Gasteiger partial charge in [-0.25, -0.2) is 9.37 Å². The van der Waals surface area contributed by atoms with Crippen LogP contribution in [0.5, 0.6) is 11.5 Å². The van der Waals surface area contributed by atoms with Crippen molar-refractivity contribution in [2.24, 2.45) is 0 Å². The van der Waals surface area contributed by atoms with Crippen LogP contribution in [0.4, 0.5) is 10.1 Å². The SMILES string of the molecule is COc1ccc(CN2Cc3nc4c(-c5ccc(F)cc5OC)cccc4c(N)c3C2=O)cc1. The molecule has 4 aromatic rings. The first-order valence-corrected chi connectivity index (χ1v) is 10.5. The van der Waals surface area contributed by atoms with Crippen LogP contribution in [0.1, 0.15) is 21.6 Å². The smallest absolute Gasteiger partial charge is 0.258 e. The Bertz CT molecular complexity index is 1390. The summed E-state index contributed by atoms with van der Waals surface area (Å²) in [6.07, 6.45) is 0. The van der Waals surface area contributed by atoms with E-state index in [9.17, 15) is 9.18 Å². The minimum atomic E-state index is -0.385. The molecule has 0 aliphatic carbocycles. The lowest BCUT2D eigenvalue weighted by Crippen LogP contribution is -2.23. The van der Waals surface area contributed by atoms with E-state index in [-0.39, 0.29) is 11.7 Å². The van der Waals surface area contributed by atoms with Crippen molar-refractivity contribution in [2.45, 2.75) is 13.1 Å². The normalized spacial score (nSPS) is 12.8. The number of para-hydroxylation sites is 1. The molecular formula is C26H22FN3O3. The van der Waals surface area contributed by atoms with Crippen molar-refractivity contribution in [1.29, 1.82) is 0 Å². The minimum absolute atomic E-state index is 0.141. The molecule has 0 spiro atoms. The fraction of sp³-hybridized carbons (Fsp3) is 0.154. The second-order valence-electron chi connectivity index (χ2n) is 7.90. The summed E-state index contributed by atoms with van der Waals surface area (Å²) in [7, 11) is 3.11. The molecule has 0 unspecified atom stereocenters. The maximum Gasteiger partial charge on any atom is 0.258 e. The monoisotopic (exact) mass is 443 g/mol. The molecule has 166 valence electrons. The molecule has 0 atom stereocenters. The van der Waals surface area contributed by atoms with Crippen LogP contribution in [0.2, 0.25) is 0 Å². The molecule has 2 heterocycles. The van der Waals surface area contributed by atoms with Crippen molar-refractivity contribution in [2.75, 3.05) is 20.0 Å². The zero-order valence-electron chi connectivity index (χ0n) is 18.3. The van der Waals surface area contributed by atoms with Crippen molar-refractivity contribution in [3.05, 3.63) is 83.3 Å². The molecule has 3 aromatic carbocycles. The fourth-order valence-electron chi connectivity index (χ4n) is 4.31. The predicted molar refractivity (Wildman–Crippen MR) is 125 cm³/mol. The first-order chi connectivity index (χ1) is 16.0. The van der Waals surface area contributed by atoms with E-state index in [4.69, 9.17) is 20.2 Å². The number of carbonyl (C=O) groups is 1. The van der Waals surface area contributed by atoms with E-state index in [0.29, 0.717) is 52.3 Å². The van der Waals surface area contributed by atoms with Gasteiger partial charge >= 0.3 is 0 Å². The van der Waals surface area contributed by atoms with Gasteiger partial charge in [-0.05, 0) is 29.8 Å². The second kappa shape index (κ2) is 8.09. The van der Waals surface area contributed by atoms with Gasteiger partial charge in [0.25, 0.3) is 5.91 Å². The van der Waals surface area contributed by atoms with Gasteiger partial charge in [-0.2, -0.15) is 0 Å². The number of amides is 1. The van der Waals surface area contributed by atoms with Gasteiger partial charge < -0.3 is 20.1 Å². The highest BCUT2D eigenvalue weighted by Gasteiger charge is 2.32. The third-order valence-electron chi connectivity index (χ3n) is 5.96. The molecule has 1 aromatic heterocycles. The number of anilines is 1. The Balaban J connectivity index is 1.57. The number of ether oxygens (including phenoxy) is 2. The average molecular weight is 443 g/mol. The van der Waals surface area contributed by atoms with Crippen molar-refractivity contribution >= 4 is 22.5 Å². The Morgan fingerprint density at radius 1 is 1.03 bits per heavy atom. The molecule has 0 radical (unpaired) electrons. The highest BCUT2D eigenvalue weighted by atomic mass is 19.1. The number of benzene rings is 3. The van der Waals surface area contributed by atoms with Crippen molar-refractivity contribution in [3.8, 4) is 22.6 Å². The summed E-state index contributed by atoms with van der Waals surface area (Å²) in [6, 6.07) is 17.6. The van der Waals surface area contributed by atoms with Crippen LogP contribution in [0, 0.1) is 5.82 Å². The first kappa shape index (κ1) is 20.8. The summed E-state index contributed by atoms with van der Waals surface area (Å²) in [5.74, 6) is 0.637. The van der Waals surface area contributed by atoms with Gasteiger partial charge in [-0.15, -0.1) is 0 Å². The average Bonchev–Trinajstić information content (AvgIpc) is 3.14. The number of fused-ring (bicyclic) bond motifs is 2. The Morgan fingerprint density at radius 2 is 1.82 bits per heavy atom. The van der Waals surface area contributed by atoms with E-state index in [0.717, 1.165) is 16.9 Å². The maximum absolute atomic E-state index is 13.7. The fourth-order valence-corrected chi connectivity index (χ4v) is 4.31. The molecule has 33 heavy (non-hydrogen) atoms. The van der Waals surface area contributed by atoms with Gasteiger partial charge in [0, 0.05) is 29.1 Å². The first-order valence-electron chi connectivity index (χ1n) is 10.5. The summed E-state index contributed by atoms with van der Waals surface area (Å²) in [6.45, 7) is 0.794. The molecule has 5 rings (SSSR count). The van der Waals surface area contributed by atoms with Crippen LogP contribution in [-0.4, -0.2) is 30.0 Å². The molecule has 2 N–H and O–H groups in total. The summed E-state index contributed by atoms with van der Waals surface area (Å²) < 4.78 is 24.4. The Hall–Kier alpha value is -4.13. The summed E-state index contributed by atoms with van der Waals surface area (Å²) in [4.78, 5) is 19.8. The molecule has 1 aliphatic rings. The van der Waals surface area contributed by atoms with Crippen LogP contribution in [0.3, 0.4) is 0 Å². The predicted octanol–water partition coefficient (Wildman–Crippen LogP) is 4.80. The van der Waals surface area contributed by atoms with Gasteiger partial charge in [0.15, 0.2) is 0 Å². The number of nitrogens with zero attached hydrogens (tertiary/aromatic N) is 2. The second-order valence-corrected chi connectivity index (χ2v) is 7.90. The number of pyridine rings is 1. The number of carbonyl (C=O) groups excluding carboxylic acids is 1. The summed E-state index contributed by atoms with van der Waals surface area (Å²) in [5, 5.41) is 0.678. The zero-order valence-corrected chi connectivity index (χ0v) is 18.3. The van der Waals surface area contributed by atoms with Crippen LogP contribution >= 0.6 is 0 Å². The lowest BCUT2D eigenvalue weighted by atomic mass is 9.98. The summed E-state index contributed by atoms with van der Waals surface area (Å²) in [5.41, 5.74) is 11.1. The molecule has 0 bridgehead atoms. The topological polar surface area (TPSA) is 77.7 Å². The van der Waals surface area contributed by atoms with Crippen LogP contribution < -0.4 is 15.2 Å². The lowest BCUT2D eigenvalue weighted by Gasteiger charge is -2.15.